The van der Waals surface area contributed by atoms with Crippen LogP contribution < -0.4 is 4.90 Å². The van der Waals surface area contributed by atoms with Gasteiger partial charge in [-0.2, -0.15) is 5.10 Å². The van der Waals surface area contributed by atoms with Crippen LogP contribution >= 0.6 is 11.6 Å². The maximum Gasteiger partial charge on any atom is 0.246 e. The molecule has 2 aromatic heterocycles. The third-order valence-electron chi connectivity index (χ3n) is 6.00. The van der Waals surface area contributed by atoms with E-state index in [0.29, 0.717) is 41.7 Å². The summed E-state index contributed by atoms with van der Waals surface area (Å²) in [6.45, 7) is 6.94. The van der Waals surface area contributed by atoms with Gasteiger partial charge < -0.3 is 9.80 Å². The van der Waals surface area contributed by atoms with Gasteiger partial charge in [-0.3, -0.25) is 9.89 Å². The van der Waals surface area contributed by atoms with Crippen molar-refractivity contribution < 1.29 is 13.6 Å². The summed E-state index contributed by atoms with van der Waals surface area (Å²) in [6.07, 6.45) is 4.10. The van der Waals surface area contributed by atoms with Gasteiger partial charge in [-0.1, -0.05) is 18.2 Å². The highest BCUT2D eigenvalue weighted by Crippen LogP contribution is 2.41. The lowest BCUT2D eigenvalue weighted by Gasteiger charge is -2.40. The summed E-state index contributed by atoms with van der Waals surface area (Å²) in [6, 6.07) is 4.28. The molecule has 3 heterocycles. The van der Waals surface area contributed by atoms with Crippen molar-refractivity contribution in [2.45, 2.75) is 13.0 Å². The number of aromatic nitrogens is 4. The summed E-state index contributed by atoms with van der Waals surface area (Å²) < 4.78 is 30.6. The van der Waals surface area contributed by atoms with Crippen LogP contribution in [0.15, 0.2) is 43.4 Å². The van der Waals surface area contributed by atoms with Crippen molar-refractivity contribution >= 4 is 45.1 Å². The highest BCUT2D eigenvalue weighted by atomic mass is 35.5. The van der Waals surface area contributed by atoms with Crippen LogP contribution in [0.5, 0.6) is 0 Å². The van der Waals surface area contributed by atoms with Gasteiger partial charge in [0.25, 0.3) is 0 Å². The van der Waals surface area contributed by atoms with Crippen LogP contribution in [0.3, 0.4) is 0 Å². The topological polar surface area (TPSA) is 78.0 Å². The standard InChI is InChI=1S/C23H19ClF2N6O/c1-3-17(33)32-7-6-31(10-12(32)2)23-14-8-15(24)18(20(26)22(14)27-11-28-23)19-16(25)5-4-13-9-29-30-21(13)19/h3-5,8-9,11-12H,1,6-7,10H2,2H3,(H,29,30). The molecule has 1 N–H and O–H groups in total. The quantitative estimate of drug-likeness (QED) is 0.453. The van der Waals surface area contributed by atoms with Crippen molar-refractivity contribution in [1.29, 1.82) is 0 Å². The maximum absolute atomic E-state index is 15.8. The van der Waals surface area contributed by atoms with Gasteiger partial charge in [0.15, 0.2) is 5.82 Å². The fraction of sp³-hybridized carbons (Fsp3) is 0.217. The minimum Gasteiger partial charge on any atom is -0.352 e. The van der Waals surface area contributed by atoms with Crippen LogP contribution in [0.1, 0.15) is 6.92 Å². The Morgan fingerprint density at radius 3 is 2.85 bits per heavy atom. The van der Waals surface area contributed by atoms with E-state index >= 15 is 4.39 Å². The molecule has 10 heteroatoms. The van der Waals surface area contributed by atoms with Gasteiger partial charge in [0.05, 0.1) is 16.7 Å². The van der Waals surface area contributed by atoms with Crippen LogP contribution in [0, 0.1) is 11.6 Å². The molecule has 0 saturated carbocycles. The van der Waals surface area contributed by atoms with Gasteiger partial charge in [0, 0.05) is 47.6 Å². The van der Waals surface area contributed by atoms with Crippen LogP contribution in [-0.4, -0.2) is 56.6 Å². The normalized spacial score (nSPS) is 16.5. The molecule has 0 bridgehead atoms. The Hall–Kier alpha value is -3.59. The fourth-order valence-electron chi connectivity index (χ4n) is 4.42. The predicted molar refractivity (Wildman–Crippen MR) is 123 cm³/mol. The Bertz CT molecular complexity index is 1420. The number of carbonyl (C=O) groups excluding carboxylic acids is 1. The molecule has 1 fully saturated rings. The second-order valence-electron chi connectivity index (χ2n) is 7.93. The molecule has 33 heavy (non-hydrogen) atoms. The Balaban J connectivity index is 1.63. The molecule has 0 spiro atoms. The zero-order valence-corrected chi connectivity index (χ0v) is 18.4. The first-order valence-electron chi connectivity index (χ1n) is 10.3. The molecule has 1 saturated heterocycles. The number of amides is 1. The Morgan fingerprint density at radius 1 is 1.27 bits per heavy atom. The molecule has 2 aromatic carbocycles. The van der Waals surface area contributed by atoms with Crippen LogP contribution in [0.4, 0.5) is 14.6 Å². The smallest absolute Gasteiger partial charge is 0.246 e. The minimum absolute atomic E-state index is 0.000244. The van der Waals surface area contributed by atoms with E-state index in [2.05, 4.69) is 26.7 Å². The van der Waals surface area contributed by atoms with E-state index in [1.807, 2.05) is 11.8 Å². The number of nitrogens with zero attached hydrogens (tertiary/aromatic N) is 5. The number of carbonyl (C=O) groups is 1. The monoisotopic (exact) mass is 468 g/mol. The van der Waals surface area contributed by atoms with Crippen molar-refractivity contribution in [2.75, 3.05) is 24.5 Å². The van der Waals surface area contributed by atoms with E-state index in [4.69, 9.17) is 11.6 Å². The molecule has 0 radical (unpaired) electrons. The number of halogens is 3. The third kappa shape index (κ3) is 3.39. The lowest BCUT2D eigenvalue weighted by Crippen LogP contribution is -2.54. The second kappa shape index (κ2) is 8.08. The largest absolute Gasteiger partial charge is 0.352 e. The summed E-state index contributed by atoms with van der Waals surface area (Å²) in [4.78, 5) is 24.3. The maximum atomic E-state index is 15.8. The first-order valence-corrected chi connectivity index (χ1v) is 10.7. The highest BCUT2D eigenvalue weighted by Gasteiger charge is 2.29. The van der Waals surface area contributed by atoms with E-state index in [-0.39, 0.29) is 33.6 Å². The van der Waals surface area contributed by atoms with Crippen molar-refractivity contribution in [2.24, 2.45) is 0 Å². The summed E-state index contributed by atoms with van der Waals surface area (Å²) >= 11 is 6.53. The zero-order chi connectivity index (χ0) is 23.3. The van der Waals surface area contributed by atoms with Gasteiger partial charge in [0.2, 0.25) is 5.91 Å². The van der Waals surface area contributed by atoms with Crippen molar-refractivity contribution in [1.82, 2.24) is 25.1 Å². The zero-order valence-electron chi connectivity index (χ0n) is 17.6. The van der Waals surface area contributed by atoms with E-state index in [9.17, 15) is 9.18 Å². The molecule has 0 aliphatic carbocycles. The molecule has 1 amide bonds. The average molecular weight is 469 g/mol. The number of nitrogens with one attached hydrogen (secondary N) is 1. The Morgan fingerprint density at radius 2 is 2.09 bits per heavy atom. The second-order valence-corrected chi connectivity index (χ2v) is 8.34. The molecule has 4 aromatic rings. The number of fused-ring (bicyclic) bond motifs is 2. The van der Waals surface area contributed by atoms with Crippen LogP contribution in [-0.2, 0) is 4.79 Å². The fourth-order valence-corrected chi connectivity index (χ4v) is 4.71. The molecule has 1 atom stereocenters. The summed E-state index contributed by atoms with van der Waals surface area (Å²) in [5.41, 5.74) is 0.296. The first kappa shape index (κ1) is 21.3. The number of rotatable bonds is 3. The number of H-pyrrole nitrogens is 1. The van der Waals surface area contributed by atoms with Gasteiger partial charge in [-0.05, 0) is 31.2 Å². The molecule has 1 aliphatic rings. The summed E-state index contributed by atoms with van der Waals surface area (Å²) in [5.74, 6) is -0.998. The number of piperazine rings is 1. The Kier molecular flexibility index (Phi) is 5.20. The number of benzene rings is 2. The van der Waals surface area contributed by atoms with Gasteiger partial charge in [-0.15, -0.1) is 0 Å². The summed E-state index contributed by atoms with van der Waals surface area (Å²) in [7, 11) is 0. The number of aromatic amines is 1. The highest BCUT2D eigenvalue weighted by molar-refractivity contribution is 6.35. The van der Waals surface area contributed by atoms with Crippen molar-refractivity contribution in [3.05, 3.63) is 60.0 Å². The SMILES string of the molecule is C=CC(=O)N1CCN(c2ncnc3c(F)c(-c4c(F)ccc5cn[nH]c45)c(Cl)cc23)CC1C. The van der Waals surface area contributed by atoms with Crippen molar-refractivity contribution in [3.8, 4) is 11.1 Å². The lowest BCUT2D eigenvalue weighted by atomic mass is 9.99. The molecule has 1 aliphatic heterocycles. The molecule has 168 valence electrons. The third-order valence-corrected chi connectivity index (χ3v) is 6.30. The van der Waals surface area contributed by atoms with Crippen molar-refractivity contribution in [3.63, 3.8) is 0 Å². The molecule has 1 unspecified atom stereocenters. The van der Waals surface area contributed by atoms with E-state index in [1.54, 1.807) is 17.0 Å². The minimum atomic E-state index is -0.740. The number of anilines is 1. The molecular weight excluding hydrogens is 450 g/mol. The van der Waals surface area contributed by atoms with E-state index in [1.165, 1.54) is 24.7 Å². The van der Waals surface area contributed by atoms with Gasteiger partial charge in [-0.25, -0.2) is 18.7 Å². The van der Waals surface area contributed by atoms with Gasteiger partial charge >= 0.3 is 0 Å². The van der Waals surface area contributed by atoms with Crippen LogP contribution in [0.25, 0.3) is 32.9 Å². The number of hydrogen-bond donors (Lipinski definition) is 1. The first-order chi connectivity index (χ1) is 15.9. The molecular formula is C23H19ClF2N6O. The van der Waals surface area contributed by atoms with E-state index in [0.717, 1.165) is 0 Å². The van der Waals surface area contributed by atoms with E-state index < -0.39 is 11.6 Å². The number of hydrogen-bond acceptors (Lipinski definition) is 5. The average Bonchev–Trinajstić information content (AvgIpc) is 3.28. The predicted octanol–water partition coefficient (Wildman–Crippen LogP) is 4.33. The molecule has 7 nitrogen and oxygen atoms in total. The van der Waals surface area contributed by atoms with Gasteiger partial charge in [0.1, 0.15) is 23.5 Å². The molecule has 5 rings (SSSR count). The summed E-state index contributed by atoms with van der Waals surface area (Å²) in [5, 5.41) is 7.73. The lowest BCUT2D eigenvalue weighted by molar-refractivity contribution is -0.128. The Labute approximate surface area is 192 Å². The van der Waals surface area contributed by atoms with Crippen LogP contribution in [0.2, 0.25) is 5.02 Å².